The van der Waals surface area contributed by atoms with Crippen molar-refractivity contribution in [3.8, 4) is 0 Å². The standard InChI is InChI=1S/C19H21NO/c1-15-8-5-6-11-17(15)18-12-7-13-20(19(18)21)14-16-9-3-2-4-10-16/h2-6,8-11,18H,7,12-14H2,1H3. The van der Waals surface area contributed by atoms with Crippen LogP contribution < -0.4 is 0 Å². The summed E-state index contributed by atoms with van der Waals surface area (Å²) in [6.45, 7) is 3.69. The van der Waals surface area contributed by atoms with E-state index in [1.807, 2.05) is 35.2 Å². The summed E-state index contributed by atoms with van der Waals surface area (Å²) in [5, 5.41) is 0. The third-order valence-electron chi connectivity index (χ3n) is 4.31. The fraction of sp³-hybridized carbons (Fsp3) is 0.316. The minimum atomic E-state index is 0.0312. The molecule has 0 aliphatic carbocycles. The third-order valence-corrected chi connectivity index (χ3v) is 4.31. The van der Waals surface area contributed by atoms with Gasteiger partial charge in [0, 0.05) is 13.1 Å². The van der Waals surface area contributed by atoms with Gasteiger partial charge < -0.3 is 4.90 Å². The molecule has 1 atom stereocenters. The lowest BCUT2D eigenvalue weighted by atomic mass is 9.87. The molecule has 108 valence electrons. The normalized spacial score (nSPS) is 18.8. The second-order valence-corrected chi connectivity index (χ2v) is 5.80. The Balaban J connectivity index is 1.79. The Hall–Kier alpha value is -2.09. The first kappa shape index (κ1) is 13.9. The Morgan fingerprint density at radius 3 is 2.52 bits per heavy atom. The van der Waals surface area contributed by atoms with E-state index >= 15 is 0 Å². The van der Waals surface area contributed by atoms with Crippen molar-refractivity contribution in [2.75, 3.05) is 6.54 Å². The van der Waals surface area contributed by atoms with E-state index in [4.69, 9.17) is 0 Å². The quantitative estimate of drug-likeness (QED) is 0.834. The molecule has 3 rings (SSSR count). The largest absolute Gasteiger partial charge is 0.338 e. The number of likely N-dealkylation sites (tertiary alicyclic amines) is 1. The fourth-order valence-electron chi connectivity index (χ4n) is 3.17. The zero-order valence-electron chi connectivity index (χ0n) is 12.5. The molecule has 1 unspecified atom stereocenters. The molecule has 0 radical (unpaired) electrons. The van der Waals surface area contributed by atoms with Crippen molar-refractivity contribution in [2.45, 2.75) is 32.2 Å². The van der Waals surface area contributed by atoms with Crippen LogP contribution in [0.25, 0.3) is 0 Å². The average molecular weight is 279 g/mol. The van der Waals surface area contributed by atoms with Gasteiger partial charge in [0.25, 0.3) is 0 Å². The predicted octanol–water partition coefficient (Wildman–Crippen LogP) is 3.90. The van der Waals surface area contributed by atoms with E-state index in [1.165, 1.54) is 16.7 Å². The highest BCUT2D eigenvalue weighted by Crippen LogP contribution is 2.30. The Labute approximate surface area is 126 Å². The molecule has 0 N–H and O–H groups in total. The van der Waals surface area contributed by atoms with Gasteiger partial charge in [0.05, 0.1) is 5.92 Å². The maximum atomic E-state index is 12.8. The number of hydrogen-bond donors (Lipinski definition) is 0. The van der Waals surface area contributed by atoms with Gasteiger partial charge in [-0.2, -0.15) is 0 Å². The highest BCUT2D eigenvalue weighted by atomic mass is 16.2. The molecule has 21 heavy (non-hydrogen) atoms. The molecule has 1 amide bonds. The number of carbonyl (C=O) groups is 1. The van der Waals surface area contributed by atoms with E-state index in [1.54, 1.807) is 0 Å². The number of rotatable bonds is 3. The smallest absolute Gasteiger partial charge is 0.230 e. The van der Waals surface area contributed by atoms with Crippen LogP contribution in [-0.2, 0) is 11.3 Å². The Morgan fingerprint density at radius 1 is 1.05 bits per heavy atom. The van der Waals surface area contributed by atoms with Crippen LogP contribution in [0, 0.1) is 6.92 Å². The van der Waals surface area contributed by atoms with Crippen molar-refractivity contribution in [1.82, 2.24) is 4.90 Å². The van der Waals surface area contributed by atoms with Crippen molar-refractivity contribution < 1.29 is 4.79 Å². The molecule has 1 aliphatic rings. The number of piperidine rings is 1. The Kier molecular flexibility index (Phi) is 4.05. The molecule has 1 fully saturated rings. The lowest BCUT2D eigenvalue weighted by molar-refractivity contribution is -0.135. The second-order valence-electron chi connectivity index (χ2n) is 5.80. The number of benzene rings is 2. The van der Waals surface area contributed by atoms with Gasteiger partial charge in [-0.3, -0.25) is 4.79 Å². The van der Waals surface area contributed by atoms with Crippen molar-refractivity contribution in [3.63, 3.8) is 0 Å². The minimum Gasteiger partial charge on any atom is -0.338 e. The van der Waals surface area contributed by atoms with Gasteiger partial charge in [-0.25, -0.2) is 0 Å². The van der Waals surface area contributed by atoms with Crippen LogP contribution in [0.15, 0.2) is 54.6 Å². The van der Waals surface area contributed by atoms with Gasteiger partial charge in [0.1, 0.15) is 0 Å². The van der Waals surface area contributed by atoms with Gasteiger partial charge in [0.2, 0.25) is 5.91 Å². The van der Waals surface area contributed by atoms with Crippen molar-refractivity contribution in [2.24, 2.45) is 0 Å². The van der Waals surface area contributed by atoms with Crippen LogP contribution in [0.4, 0.5) is 0 Å². The van der Waals surface area contributed by atoms with Gasteiger partial charge in [-0.1, -0.05) is 54.6 Å². The number of carbonyl (C=O) groups excluding carboxylic acids is 1. The molecule has 0 aromatic heterocycles. The van der Waals surface area contributed by atoms with Crippen LogP contribution in [0.1, 0.15) is 35.4 Å². The van der Waals surface area contributed by atoms with E-state index < -0.39 is 0 Å². The summed E-state index contributed by atoms with van der Waals surface area (Å²) >= 11 is 0. The molecule has 0 saturated carbocycles. The molecule has 2 nitrogen and oxygen atoms in total. The van der Waals surface area contributed by atoms with Crippen LogP contribution in [-0.4, -0.2) is 17.4 Å². The molecule has 2 heteroatoms. The Morgan fingerprint density at radius 2 is 1.76 bits per heavy atom. The second kappa shape index (κ2) is 6.13. The third kappa shape index (κ3) is 2.99. The molecule has 1 heterocycles. The van der Waals surface area contributed by atoms with Gasteiger partial charge in [-0.15, -0.1) is 0 Å². The summed E-state index contributed by atoms with van der Waals surface area (Å²) in [5.41, 5.74) is 3.62. The van der Waals surface area contributed by atoms with Crippen molar-refractivity contribution >= 4 is 5.91 Å². The predicted molar refractivity (Wildman–Crippen MR) is 85.0 cm³/mol. The molecule has 0 bridgehead atoms. The van der Waals surface area contributed by atoms with Gasteiger partial charge in [-0.05, 0) is 36.5 Å². The minimum absolute atomic E-state index is 0.0312. The summed E-state index contributed by atoms with van der Waals surface area (Å²) in [7, 11) is 0. The first-order valence-corrected chi connectivity index (χ1v) is 7.64. The number of amides is 1. The van der Waals surface area contributed by atoms with E-state index in [9.17, 15) is 4.79 Å². The molecular formula is C19H21NO. The molecule has 2 aromatic rings. The molecular weight excluding hydrogens is 258 g/mol. The number of nitrogens with zero attached hydrogens (tertiary/aromatic N) is 1. The molecule has 2 aromatic carbocycles. The molecule has 0 spiro atoms. The SMILES string of the molecule is Cc1ccccc1C1CCCN(Cc2ccccc2)C1=O. The molecule has 1 saturated heterocycles. The van der Waals surface area contributed by atoms with E-state index in [0.29, 0.717) is 0 Å². The number of aryl methyl sites for hydroxylation is 1. The van der Waals surface area contributed by atoms with E-state index in [0.717, 1.165) is 25.9 Å². The van der Waals surface area contributed by atoms with Crippen molar-refractivity contribution in [3.05, 3.63) is 71.3 Å². The summed E-state index contributed by atoms with van der Waals surface area (Å²) in [4.78, 5) is 14.8. The van der Waals surface area contributed by atoms with Crippen LogP contribution in [0.3, 0.4) is 0 Å². The highest BCUT2D eigenvalue weighted by molar-refractivity contribution is 5.84. The summed E-state index contributed by atoms with van der Waals surface area (Å²) in [6.07, 6.45) is 2.05. The fourth-order valence-corrected chi connectivity index (χ4v) is 3.17. The molecule has 1 aliphatic heterocycles. The van der Waals surface area contributed by atoms with Gasteiger partial charge in [0.15, 0.2) is 0 Å². The first-order valence-electron chi connectivity index (χ1n) is 7.64. The van der Waals surface area contributed by atoms with Crippen LogP contribution in [0.5, 0.6) is 0 Å². The monoisotopic (exact) mass is 279 g/mol. The topological polar surface area (TPSA) is 20.3 Å². The van der Waals surface area contributed by atoms with Crippen molar-refractivity contribution in [1.29, 1.82) is 0 Å². The zero-order chi connectivity index (χ0) is 14.7. The van der Waals surface area contributed by atoms with Crippen LogP contribution in [0.2, 0.25) is 0 Å². The lowest BCUT2D eigenvalue weighted by Gasteiger charge is -2.33. The Bertz CT molecular complexity index is 620. The maximum Gasteiger partial charge on any atom is 0.230 e. The van der Waals surface area contributed by atoms with Gasteiger partial charge >= 0.3 is 0 Å². The maximum absolute atomic E-state index is 12.8. The lowest BCUT2D eigenvalue weighted by Crippen LogP contribution is -2.39. The zero-order valence-corrected chi connectivity index (χ0v) is 12.5. The van der Waals surface area contributed by atoms with E-state index in [2.05, 4.69) is 31.2 Å². The first-order chi connectivity index (χ1) is 10.3. The van der Waals surface area contributed by atoms with Crippen LogP contribution >= 0.6 is 0 Å². The highest BCUT2D eigenvalue weighted by Gasteiger charge is 2.30. The number of hydrogen-bond acceptors (Lipinski definition) is 1. The summed E-state index contributed by atoms with van der Waals surface area (Å²) in [6, 6.07) is 18.5. The van der Waals surface area contributed by atoms with E-state index in [-0.39, 0.29) is 11.8 Å². The summed E-state index contributed by atoms with van der Waals surface area (Å²) < 4.78 is 0. The summed E-state index contributed by atoms with van der Waals surface area (Å²) in [5.74, 6) is 0.308. The average Bonchev–Trinajstić information content (AvgIpc) is 2.51.